The standard InChI is InChI=1S/C27H34O4SSi/c1-23-17-19-24(20-18-23)32(28,29)30-21-11-12-22-31-33(27(2,3)4,25-13-7-5-8-14-25)26-15-9-6-10-16-26/h5-10,13-20H,11-12,21-22H2,1-4H3. The summed E-state index contributed by atoms with van der Waals surface area (Å²) in [7, 11) is -6.30. The molecule has 0 radical (unpaired) electrons. The average molecular weight is 483 g/mol. The first-order valence-corrected chi connectivity index (χ1v) is 14.7. The maximum absolute atomic E-state index is 12.4. The lowest BCUT2D eigenvalue weighted by Gasteiger charge is -2.43. The smallest absolute Gasteiger partial charge is 0.296 e. The van der Waals surface area contributed by atoms with Crippen LogP contribution in [0.4, 0.5) is 0 Å². The lowest BCUT2D eigenvalue weighted by Crippen LogP contribution is -2.66. The van der Waals surface area contributed by atoms with Crippen molar-refractivity contribution in [3.05, 3.63) is 90.5 Å². The molecule has 3 aromatic carbocycles. The Labute approximate surface area is 199 Å². The third kappa shape index (κ3) is 6.01. The zero-order valence-electron chi connectivity index (χ0n) is 20.0. The molecular weight excluding hydrogens is 448 g/mol. The number of aryl methyl sites for hydroxylation is 1. The maximum Gasteiger partial charge on any atom is 0.296 e. The number of benzene rings is 3. The molecule has 0 amide bonds. The molecule has 0 bridgehead atoms. The Balaban J connectivity index is 1.68. The second kappa shape index (κ2) is 10.8. The van der Waals surface area contributed by atoms with E-state index in [-0.39, 0.29) is 16.5 Å². The maximum atomic E-state index is 12.4. The van der Waals surface area contributed by atoms with Gasteiger partial charge in [0, 0.05) is 6.61 Å². The molecule has 0 saturated heterocycles. The SMILES string of the molecule is Cc1ccc(S(=O)(=O)OCCCCO[Si](c2ccccc2)(c2ccccc2)C(C)(C)C)cc1. The largest absolute Gasteiger partial charge is 0.407 e. The van der Waals surface area contributed by atoms with E-state index in [2.05, 4.69) is 69.3 Å². The minimum atomic E-state index is -3.73. The van der Waals surface area contributed by atoms with Gasteiger partial charge in [-0.25, -0.2) is 0 Å². The number of hydrogen-bond donors (Lipinski definition) is 0. The van der Waals surface area contributed by atoms with Gasteiger partial charge in [0.25, 0.3) is 18.4 Å². The van der Waals surface area contributed by atoms with E-state index >= 15 is 0 Å². The van der Waals surface area contributed by atoms with Crippen molar-refractivity contribution in [2.24, 2.45) is 0 Å². The summed E-state index contributed by atoms with van der Waals surface area (Å²) in [5.41, 5.74) is 1.01. The molecule has 0 fully saturated rings. The monoisotopic (exact) mass is 482 g/mol. The van der Waals surface area contributed by atoms with Crippen molar-refractivity contribution in [1.82, 2.24) is 0 Å². The third-order valence-corrected chi connectivity index (χ3v) is 12.2. The average Bonchev–Trinajstić information content (AvgIpc) is 2.79. The number of unbranched alkanes of at least 4 members (excludes halogenated alkanes) is 1. The molecule has 0 aliphatic carbocycles. The van der Waals surface area contributed by atoms with Gasteiger partial charge in [0.15, 0.2) is 0 Å². The van der Waals surface area contributed by atoms with Crippen molar-refractivity contribution < 1.29 is 17.0 Å². The molecule has 176 valence electrons. The molecule has 0 N–H and O–H groups in total. The Hall–Kier alpha value is -2.25. The molecule has 0 unspecified atom stereocenters. The van der Waals surface area contributed by atoms with Gasteiger partial charge in [-0.3, -0.25) is 4.18 Å². The van der Waals surface area contributed by atoms with Crippen molar-refractivity contribution in [3.8, 4) is 0 Å². The van der Waals surface area contributed by atoms with Crippen molar-refractivity contribution in [2.45, 2.75) is 50.5 Å². The molecule has 0 aliphatic rings. The Bertz CT molecular complexity index is 1070. The van der Waals surface area contributed by atoms with Crippen molar-refractivity contribution in [2.75, 3.05) is 13.2 Å². The van der Waals surface area contributed by atoms with Crippen LogP contribution in [0.1, 0.15) is 39.2 Å². The lowest BCUT2D eigenvalue weighted by atomic mass is 10.2. The van der Waals surface area contributed by atoms with Gasteiger partial charge in [0.05, 0.1) is 11.5 Å². The number of hydrogen-bond acceptors (Lipinski definition) is 4. The molecule has 3 rings (SSSR count). The Morgan fingerprint density at radius 2 is 1.21 bits per heavy atom. The topological polar surface area (TPSA) is 52.6 Å². The predicted molar refractivity (Wildman–Crippen MR) is 137 cm³/mol. The van der Waals surface area contributed by atoms with Crippen molar-refractivity contribution >= 4 is 28.8 Å². The molecule has 3 aromatic rings. The van der Waals surface area contributed by atoms with E-state index in [0.717, 1.165) is 5.56 Å². The van der Waals surface area contributed by atoms with Crippen LogP contribution < -0.4 is 10.4 Å². The summed E-state index contributed by atoms with van der Waals surface area (Å²) in [5, 5.41) is 2.39. The second-order valence-corrected chi connectivity index (χ2v) is 15.2. The fourth-order valence-electron chi connectivity index (χ4n) is 4.13. The van der Waals surface area contributed by atoms with Crippen LogP contribution in [0.25, 0.3) is 0 Å². The van der Waals surface area contributed by atoms with Gasteiger partial charge in [0.2, 0.25) is 0 Å². The highest BCUT2D eigenvalue weighted by Crippen LogP contribution is 2.36. The predicted octanol–water partition coefficient (Wildman–Crippen LogP) is 5.06. The summed E-state index contributed by atoms with van der Waals surface area (Å²) in [4.78, 5) is 0.191. The highest BCUT2D eigenvalue weighted by molar-refractivity contribution is 7.86. The highest BCUT2D eigenvalue weighted by Gasteiger charge is 2.49. The fourth-order valence-corrected chi connectivity index (χ4v) is 9.68. The van der Waals surface area contributed by atoms with Crippen molar-refractivity contribution in [3.63, 3.8) is 0 Å². The second-order valence-electron chi connectivity index (χ2n) is 9.31. The Kier molecular flexibility index (Phi) is 8.29. The van der Waals surface area contributed by atoms with Gasteiger partial charge in [-0.05, 0) is 47.3 Å². The molecule has 0 aromatic heterocycles. The Morgan fingerprint density at radius 3 is 1.70 bits per heavy atom. The molecule has 0 heterocycles. The van der Waals surface area contributed by atoms with Crippen LogP contribution in [-0.2, 0) is 18.7 Å². The normalized spacial score (nSPS) is 12.6. The fraction of sp³-hybridized carbons (Fsp3) is 0.333. The summed E-state index contributed by atoms with van der Waals surface area (Å²) >= 11 is 0. The molecular formula is C27H34O4SSi. The molecule has 0 spiro atoms. The van der Waals surface area contributed by atoms with E-state index < -0.39 is 18.4 Å². The van der Waals surface area contributed by atoms with Crippen LogP contribution in [0.2, 0.25) is 5.04 Å². The molecule has 0 atom stereocenters. The van der Waals surface area contributed by atoms with Gasteiger partial charge in [-0.2, -0.15) is 8.42 Å². The van der Waals surface area contributed by atoms with Crippen LogP contribution in [0.3, 0.4) is 0 Å². The van der Waals surface area contributed by atoms with E-state index in [1.165, 1.54) is 10.4 Å². The minimum Gasteiger partial charge on any atom is -0.407 e. The van der Waals surface area contributed by atoms with E-state index in [1.807, 2.05) is 19.1 Å². The first kappa shape index (κ1) is 25.4. The summed E-state index contributed by atoms with van der Waals surface area (Å²) in [5.74, 6) is 0. The highest BCUT2D eigenvalue weighted by atomic mass is 32.2. The minimum absolute atomic E-state index is 0.0824. The summed E-state index contributed by atoms with van der Waals surface area (Å²) in [6.07, 6.45) is 1.32. The van der Waals surface area contributed by atoms with E-state index in [9.17, 15) is 8.42 Å². The van der Waals surface area contributed by atoms with Gasteiger partial charge >= 0.3 is 0 Å². The summed E-state index contributed by atoms with van der Waals surface area (Å²) in [6.45, 7) is 9.34. The summed E-state index contributed by atoms with van der Waals surface area (Å²) in [6, 6.07) is 27.7. The summed E-state index contributed by atoms with van der Waals surface area (Å²) < 4.78 is 36.9. The van der Waals surface area contributed by atoms with E-state index in [4.69, 9.17) is 8.61 Å². The van der Waals surface area contributed by atoms with Gasteiger partial charge in [-0.1, -0.05) is 99.1 Å². The first-order valence-electron chi connectivity index (χ1n) is 11.4. The van der Waals surface area contributed by atoms with Crippen molar-refractivity contribution in [1.29, 1.82) is 0 Å². The van der Waals surface area contributed by atoms with E-state index in [1.54, 1.807) is 24.3 Å². The van der Waals surface area contributed by atoms with Crippen LogP contribution in [0, 0.1) is 6.92 Å². The van der Waals surface area contributed by atoms with Crippen LogP contribution in [0.5, 0.6) is 0 Å². The van der Waals surface area contributed by atoms with Crippen LogP contribution in [-0.4, -0.2) is 29.9 Å². The Morgan fingerprint density at radius 1 is 0.727 bits per heavy atom. The molecule has 6 heteroatoms. The molecule has 0 aliphatic heterocycles. The van der Waals surface area contributed by atoms with Gasteiger partial charge in [0.1, 0.15) is 0 Å². The number of rotatable bonds is 10. The molecule has 0 saturated carbocycles. The van der Waals surface area contributed by atoms with Crippen LogP contribution in [0.15, 0.2) is 89.8 Å². The zero-order chi connectivity index (χ0) is 24.0. The third-order valence-electron chi connectivity index (χ3n) is 5.82. The van der Waals surface area contributed by atoms with E-state index in [0.29, 0.717) is 19.4 Å². The van der Waals surface area contributed by atoms with Crippen LogP contribution >= 0.6 is 0 Å². The quantitative estimate of drug-likeness (QED) is 0.230. The lowest BCUT2D eigenvalue weighted by molar-refractivity contribution is 0.259. The van der Waals surface area contributed by atoms with Gasteiger partial charge in [-0.15, -0.1) is 0 Å². The molecule has 33 heavy (non-hydrogen) atoms. The first-order chi connectivity index (χ1) is 15.7. The molecule has 4 nitrogen and oxygen atoms in total. The van der Waals surface area contributed by atoms with Gasteiger partial charge < -0.3 is 4.43 Å². The zero-order valence-corrected chi connectivity index (χ0v) is 21.8.